The zero-order valence-electron chi connectivity index (χ0n) is 3.08. The lowest BCUT2D eigenvalue weighted by atomic mass is 10.6. The molecule has 0 unspecified atom stereocenters. The van der Waals surface area contributed by atoms with E-state index in [2.05, 4.69) is 12.2 Å². The van der Waals surface area contributed by atoms with Crippen LogP contribution in [0.5, 0.6) is 0 Å². The Morgan fingerprint density at radius 2 is 2.17 bits per heavy atom. The molecule has 0 saturated heterocycles. The fraction of sp³-hybridized carbons (Fsp3) is 0.667. The van der Waals surface area contributed by atoms with Crippen LogP contribution in [-0.4, -0.2) is 10.2 Å². The van der Waals surface area contributed by atoms with E-state index in [0.717, 1.165) is 0 Å². The van der Waals surface area contributed by atoms with Gasteiger partial charge in [0, 0.05) is 12.3 Å². The van der Waals surface area contributed by atoms with Crippen LogP contribution >= 0.6 is 35.4 Å². The van der Waals surface area contributed by atoms with Gasteiger partial charge in [-0.3, -0.25) is 0 Å². The van der Waals surface area contributed by atoms with Crippen LogP contribution < -0.4 is 0 Å². The smallest absolute Gasteiger partial charge is 0.0820 e. The lowest BCUT2D eigenvalue weighted by Crippen LogP contribution is -1.79. The zero-order valence-corrected chi connectivity index (χ0v) is 5.41. The van der Waals surface area contributed by atoms with E-state index in [9.17, 15) is 0 Å². The number of hydrogen-bond donors (Lipinski definition) is 0. The van der Waals surface area contributed by atoms with E-state index < -0.39 is 0 Å². The van der Waals surface area contributed by atoms with E-state index in [4.69, 9.17) is 23.2 Å². The van der Waals surface area contributed by atoms with Crippen molar-refractivity contribution < 1.29 is 0 Å². The summed E-state index contributed by atoms with van der Waals surface area (Å²) in [6.45, 7) is 0. The van der Waals surface area contributed by atoms with Crippen LogP contribution in [-0.2, 0) is 0 Å². The summed E-state index contributed by atoms with van der Waals surface area (Å²) in [5, 5.41) is 0. The first kappa shape index (κ1) is 6.67. The molecular formula is C3H4Cl2S. The van der Waals surface area contributed by atoms with Gasteiger partial charge in [-0.05, 0) is 0 Å². The summed E-state index contributed by atoms with van der Waals surface area (Å²) >= 11 is 14.9. The monoisotopic (exact) mass is 142 g/mol. The minimum absolute atomic E-state index is 0.463. The van der Waals surface area contributed by atoms with Gasteiger partial charge in [0.15, 0.2) is 0 Å². The first-order chi connectivity index (χ1) is 2.77. The highest BCUT2D eigenvalue weighted by Crippen LogP contribution is 1.92. The second-order valence-electron chi connectivity index (χ2n) is 0.794. The van der Waals surface area contributed by atoms with Crippen LogP contribution in [0.15, 0.2) is 0 Å². The maximum atomic E-state index is 5.22. The molecule has 0 bridgehead atoms. The average Bonchev–Trinajstić information content (AvgIpc) is 1.35. The van der Waals surface area contributed by atoms with Crippen molar-refractivity contribution in [1.82, 2.24) is 0 Å². The molecule has 0 aliphatic rings. The van der Waals surface area contributed by atoms with Crippen molar-refractivity contribution in [3.05, 3.63) is 0 Å². The molecular weight excluding hydrogens is 139 g/mol. The summed E-state index contributed by atoms with van der Waals surface area (Å²) in [5.41, 5.74) is 0. The first-order valence-corrected chi connectivity index (χ1v) is 2.83. The van der Waals surface area contributed by atoms with Crippen molar-refractivity contribution in [1.29, 1.82) is 0 Å². The van der Waals surface area contributed by atoms with Gasteiger partial charge in [-0.2, -0.15) is 0 Å². The molecule has 0 radical (unpaired) electrons. The Morgan fingerprint density at radius 1 is 1.67 bits per heavy atom. The molecule has 0 fully saturated rings. The zero-order chi connectivity index (χ0) is 4.99. The molecule has 0 aromatic heterocycles. The normalized spacial score (nSPS) is 8.33. The van der Waals surface area contributed by atoms with E-state index in [0.29, 0.717) is 16.6 Å². The number of hydrogen-bond acceptors (Lipinski definition) is 1. The maximum Gasteiger partial charge on any atom is 0.0820 e. The Morgan fingerprint density at radius 3 is 2.17 bits per heavy atom. The summed E-state index contributed by atoms with van der Waals surface area (Å²) in [7, 11) is 0. The van der Waals surface area contributed by atoms with Gasteiger partial charge in [0.25, 0.3) is 0 Å². The van der Waals surface area contributed by atoms with Crippen LogP contribution in [0.1, 0.15) is 6.42 Å². The molecule has 0 amide bonds. The van der Waals surface area contributed by atoms with Gasteiger partial charge in [-0.1, -0.05) is 23.8 Å². The van der Waals surface area contributed by atoms with Crippen molar-refractivity contribution in [2.75, 3.05) is 5.88 Å². The van der Waals surface area contributed by atoms with Gasteiger partial charge in [-0.25, -0.2) is 0 Å². The highest BCUT2D eigenvalue weighted by Gasteiger charge is 1.83. The standard InChI is InChI=1S/C3H4Cl2S/c4-2-1-3(5)6/h1-2H2. The van der Waals surface area contributed by atoms with Crippen LogP contribution in [0.4, 0.5) is 0 Å². The summed E-state index contributed by atoms with van der Waals surface area (Å²) in [6.07, 6.45) is 0.637. The third-order valence-electron chi connectivity index (χ3n) is 0.291. The Hall–Kier alpha value is 0.670. The number of thiocarbonyl (C=S) groups is 1. The van der Waals surface area contributed by atoms with Crippen molar-refractivity contribution in [3.8, 4) is 0 Å². The van der Waals surface area contributed by atoms with Crippen LogP contribution in [0.3, 0.4) is 0 Å². The quantitative estimate of drug-likeness (QED) is 0.324. The van der Waals surface area contributed by atoms with Gasteiger partial charge in [-0.15, -0.1) is 11.6 Å². The molecule has 0 N–H and O–H groups in total. The molecule has 0 aromatic carbocycles. The molecule has 0 saturated carbocycles. The molecule has 3 heteroatoms. The third kappa shape index (κ3) is 4.67. The van der Waals surface area contributed by atoms with E-state index >= 15 is 0 Å². The van der Waals surface area contributed by atoms with Gasteiger partial charge in [0.1, 0.15) is 0 Å². The van der Waals surface area contributed by atoms with Crippen LogP contribution in [0, 0.1) is 0 Å². The highest BCUT2D eigenvalue weighted by atomic mass is 35.5. The summed E-state index contributed by atoms with van der Waals surface area (Å²) in [6, 6.07) is 0. The van der Waals surface area contributed by atoms with E-state index in [-0.39, 0.29) is 0 Å². The third-order valence-corrected chi connectivity index (χ3v) is 0.873. The number of alkyl halides is 1. The van der Waals surface area contributed by atoms with Gasteiger partial charge < -0.3 is 0 Å². The fourth-order valence-corrected chi connectivity index (χ4v) is 0.669. The molecule has 0 heterocycles. The fourth-order valence-electron chi connectivity index (χ4n) is 0.0743. The van der Waals surface area contributed by atoms with Crippen LogP contribution in [0.25, 0.3) is 0 Å². The molecule has 0 spiro atoms. The predicted octanol–water partition coefficient (Wildman–Crippen LogP) is 2.18. The SMILES string of the molecule is S=C(Cl)CCCl. The Kier molecular flexibility index (Phi) is 4.28. The number of halogens is 2. The van der Waals surface area contributed by atoms with Crippen molar-refractivity contribution in [3.63, 3.8) is 0 Å². The average molecular weight is 143 g/mol. The maximum absolute atomic E-state index is 5.22. The Balaban J connectivity index is 2.83. The lowest BCUT2D eigenvalue weighted by molar-refractivity contribution is 1.35. The molecule has 0 aliphatic heterocycles. The second kappa shape index (κ2) is 3.85. The molecule has 0 atom stereocenters. The Labute approximate surface area is 52.4 Å². The van der Waals surface area contributed by atoms with Crippen LogP contribution in [0.2, 0.25) is 0 Å². The highest BCUT2D eigenvalue weighted by molar-refractivity contribution is 7.83. The largest absolute Gasteiger partial charge is 0.126 e. The molecule has 0 nitrogen and oxygen atoms in total. The minimum atomic E-state index is 0.463. The molecule has 6 heavy (non-hydrogen) atoms. The van der Waals surface area contributed by atoms with Gasteiger partial charge in [0.2, 0.25) is 0 Å². The van der Waals surface area contributed by atoms with E-state index in [1.165, 1.54) is 0 Å². The summed E-state index contributed by atoms with van der Waals surface area (Å²) in [5.74, 6) is 0.530. The van der Waals surface area contributed by atoms with Gasteiger partial charge in [0.05, 0.1) is 4.32 Å². The van der Waals surface area contributed by atoms with Crippen molar-refractivity contribution in [2.24, 2.45) is 0 Å². The summed E-state index contributed by atoms with van der Waals surface area (Å²) in [4.78, 5) is 0. The van der Waals surface area contributed by atoms with Crippen molar-refractivity contribution >= 4 is 39.7 Å². The molecule has 0 rings (SSSR count). The second-order valence-corrected chi connectivity index (χ2v) is 2.35. The van der Waals surface area contributed by atoms with Gasteiger partial charge >= 0.3 is 0 Å². The van der Waals surface area contributed by atoms with Crippen molar-refractivity contribution in [2.45, 2.75) is 6.42 Å². The molecule has 36 valence electrons. The lowest BCUT2D eigenvalue weighted by Gasteiger charge is -1.80. The minimum Gasteiger partial charge on any atom is -0.126 e. The Bertz CT molecular complexity index is 52.8. The van der Waals surface area contributed by atoms with E-state index in [1.54, 1.807) is 0 Å². The molecule has 0 aliphatic carbocycles. The number of rotatable bonds is 2. The van der Waals surface area contributed by atoms with E-state index in [1.807, 2.05) is 0 Å². The summed E-state index contributed by atoms with van der Waals surface area (Å²) < 4.78 is 0.463. The first-order valence-electron chi connectivity index (χ1n) is 1.51. The topological polar surface area (TPSA) is 0 Å². The molecule has 0 aromatic rings. The predicted molar refractivity (Wildman–Crippen MR) is 33.8 cm³/mol.